The lowest BCUT2D eigenvalue weighted by atomic mass is 9.88. The van der Waals surface area contributed by atoms with Gasteiger partial charge in [0.2, 0.25) is 0 Å². The zero-order valence-corrected chi connectivity index (χ0v) is 12.2. The first-order valence-corrected chi connectivity index (χ1v) is 6.48. The second kappa shape index (κ2) is 7.54. The topological polar surface area (TPSA) is 3.24 Å². The molecule has 0 amide bonds. The minimum Gasteiger partial charge on any atom is -0.355 e. The highest BCUT2D eigenvalue weighted by molar-refractivity contribution is 5.06. The molecule has 0 aliphatic heterocycles. The van der Waals surface area contributed by atoms with Gasteiger partial charge in [-0.1, -0.05) is 45.3 Å². The Balaban J connectivity index is 4.57. The van der Waals surface area contributed by atoms with Crippen LogP contribution in [0, 0.1) is 11.8 Å². The lowest BCUT2D eigenvalue weighted by Gasteiger charge is -2.22. The molecule has 0 N–H and O–H groups in total. The summed E-state index contributed by atoms with van der Waals surface area (Å²) in [4.78, 5) is 2.22. The largest absolute Gasteiger partial charge is 0.355 e. The lowest BCUT2D eigenvalue weighted by Crippen LogP contribution is -2.13. The van der Waals surface area contributed by atoms with E-state index in [1.165, 1.54) is 24.1 Å². The summed E-state index contributed by atoms with van der Waals surface area (Å²) in [6.07, 6.45) is 7.13. The molecule has 0 aromatic carbocycles. The fourth-order valence-corrected chi connectivity index (χ4v) is 2.16. The van der Waals surface area contributed by atoms with E-state index in [1.54, 1.807) is 0 Å². The summed E-state index contributed by atoms with van der Waals surface area (Å²) in [6.45, 7) is 13.4. The minimum absolute atomic E-state index is 0.669. The number of hydrogen-bond acceptors (Lipinski definition) is 1. The second-order valence-corrected chi connectivity index (χ2v) is 5.06. The van der Waals surface area contributed by atoms with Crippen molar-refractivity contribution >= 4 is 0 Å². The van der Waals surface area contributed by atoms with Crippen LogP contribution in [0.3, 0.4) is 0 Å². The molecule has 0 radical (unpaired) electrons. The van der Waals surface area contributed by atoms with Gasteiger partial charge in [-0.15, -0.1) is 0 Å². The maximum Gasteiger partial charge on any atom is 0.0109 e. The average Bonchev–Trinajstić information content (AvgIpc) is 2.18. The van der Waals surface area contributed by atoms with Crippen LogP contribution in [0.4, 0.5) is 0 Å². The lowest BCUT2D eigenvalue weighted by molar-refractivity contribution is 0.388. The van der Waals surface area contributed by atoms with Crippen molar-refractivity contribution in [2.24, 2.45) is 11.8 Å². The number of nitrogens with zero attached hydrogens (tertiary/aromatic N) is 1. The highest BCUT2D eigenvalue weighted by Gasteiger charge is 2.11. The van der Waals surface area contributed by atoms with Gasteiger partial charge in [0.15, 0.2) is 0 Å². The van der Waals surface area contributed by atoms with Crippen LogP contribution in [0.25, 0.3) is 0 Å². The molecule has 0 aliphatic rings. The third-order valence-electron chi connectivity index (χ3n) is 3.30. The molecule has 0 aromatic rings. The Bertz CT molecular complexity index is 242. The Morgan fingerprint density at radius 2 is 1.62 bits per heavy atom. The molecule has 0 aromatic heterocycles. The van der Waals surface area contributed by atoms with Crippen molar-refractivity contribution < 1.29 is 0 Å². The van der Waals surface area contributed by atoms with Gasteiger partial charge in [-0.3, -0.25) is 0 Å². The molecule has 1 atom stereocenters. The van der Waals surface area contributed by atoms with Crippen molar-refractivity contribution in [1.29, 1.82) is 0 Å². The van der Waals surface area contributed by atoms with Gasteiger partial charge in [-0.2, -0.15) is 0 Å². The molecular weight excluding hydrogens is 194 g/mol. The van der Waals surface area contributed by atoms with E-state index in [4.69, 9.17) is 0 Å². The summed E-state index contributed by atoms with van der Waals surface area (Å²) in [7, 11) is 2.12. The summed E-state index contributed by atoms with van der Waals surface area (Å²) in [5, 5.41) is 0. The molecule has 0 spiro atoms. The van der Waals surface area contributed by atoms with Gasteiger partial charge in [0.25, 0.3) is 0 Å². The Morgan fingerprint density at radius 3 is 2.00 bits per heavy atom. The summed E-state index contributed by atoms with van der Waals surface area (Å²) in [6, 6.07) is 0. The molecule has 0 aliphatic carbocycles. The zero-order valence-electron chi connectivity index (χ0n) is 12.2. The zero-order chi connectivity index (χ0) is 12.7. The van der Waals surface area contributed by atoms with Crippen LogP contribution in [0.2, 0.25) is 0 Å². The SMILES string of the molecule is CCC(CC)[C@H](C)/C=C(/C)N(C)C=C(C)C. The Kier molecular flexibility index (Phi) is 7.20. The van der Waals surface area contributed by atoms with Crippen LogP contribution >= 0.6 is 0 Å². The molecular formula is C15H29N. The van der Waals surface area contributed by atoms with Gasteiger partial charge in [-0.05, 0) is 32.6 Å². The number of hydrogen-bond donors (Lipinski definition) is 0. The van der Waals surface area contributed by atoms with Gasteiger partial charge in [0.1, 0.15) is 0 Å². The van der Waals surface area contributed by atoms with Gasteiger partial charge in [0, 0.05) is 18.9 Å². The summed E-state index contributed by atoms with van der Waals surface area (Å²) in [5.41, 5.74) is 2.69. The molecule has 0 rings (SSSR count). The van der Waals surface area contributed by atoms with Crippen molar-refractivity contribution in [2.45, 2.75) is 54.4 Å². The fourth-order valence-electron chi connectivity index (χ4n) is 2.16. The van der Waals surface area contributed by atoms with Crippen molar-refractivity contribution in [3.63, 3.8) is 0 Å². The maximum atomic E-state index is 2.40. The monoisotopic (exact) mass is 223 g/mol. The summed E-state index contributed by atoms with van der Waals surface area (Å²) in [5.74, 6) is 1.48. The van der Waals surface area contributed by atoms with Gasteiger partial charge in [0.05, 0.1) is 0 Å². The molecule has 16 heavy (non-hydrogen) atoms. The fraction of sp³-hybridized carbons (Fsp3) is 0.733. The molecule has 0 heterocycles. The first-order chi connectivity index (χ1) is 7.42. The molecule has 0 fully saturated rings. The number of allylic oxidation sites excluding steroid dienone is 3. The van der Waals surface area contributed by atoms with Gasteiger partial charge >= 0.3 is 0 Å². The molecule has 0 bridgehead atoms. The predicted molar refractivity (Wildman–Crippen MR) is 74.2 cm³/mol. The van der Waals surface area contributed by atoms with E-state index < -0.39 is 0 Å². The second-order valence-electron chi connectivity index (χ2n) is 5.06. The van der Waals surface area contributed by atoms with Gasteiger partial charge in [-0.25, -0.2) is 0 Å². The molecule has 1 nitrogen and oxygen atoms in total. The normalized spacial score (nSPS) is 13.9. The number of rotatable bonds is 6. The average molecular weight is 223 g/mol. The van der Waals surface area contributed by atoms with Crippen LogP contribution in [-0.4, -0.2) is 11.9 Å². The molecule has 0 unspecified atom stereocenters. The van der Waals surface area contributed by atoms with Crippen LogP contribution < -0.4 is 0 Å². The van der Waals surface area contributed by atoms with E-state index >= 15 is 0 Å². The van der Waals surface area contributed by atoms with Crippen LogP contribution in [0.15, 0.2) is 23.5 Å². The molecule has 1 heteroatoms. The quantitative estimate of drug-likeness (QED) is 0.624. The maximum absolute atomic E-state index is 2.40. The van der Waals surface area contributed by atoms with Crippen LogP contribution in [0.5, 0.6) is 0 Å². The van der Waals surface area contributed by atoms with Crippen LogP contribution in [0.1, 0.15) is 54.4 Å². The van der Waals surface area contributed by atoms with E-state index in [1.807, 2.05) is 0 Å². The van der Waals surface area contributed by atoms with Crippen LogP contribution in [-0.2, 0) is 0 Å². The Labute approximate surface area is 102 Å². The Hall–Kier alpha value is -0.720. The van der Waals surface area contributed by atoms with E-state index in [0.29, 0.717) is 5.92 Å². The van der Waals surface area contributed by atoms with E-state index in [2.05, 4.69) is 65.8 Å². The van der Waals surface area contributed by atoms with E-state index in [0.717, 1.165) is 5.92 Å². The molecule has 0 saturated heterocycles. The first-order valence-electron chi connectivity index (χ1n) is 6.48. The van der Waals surface area contributed by atoms with Crippen molar-refractivity contribution in [1.82, 2.24) is 4.90 Å². The first kappa shape index (κ1) is 15.3. The third kappa shape index (κ3) is 5.39. The van der Waals surface area contributed by atoms with Crippen molar-refractivity contribution in [3.8, 4) is 0 Å². The summed E-state index contributed by atoms with van der Waals surface area (Å²) >= 11 is 0. The predicted octanol–water partition coefficient (Wildman–Crippen LogP) is 4.82. The molecule has 0 saturated carbocycles. The third-order valence-corrected chi connectivity index (χ3v) is 3.30. The van der Waals surface area contributed by atoms with E-state index in [-0.39, 0.29) is 0 Å². The minimum atomic E-state index is 0.669. The highest BCUT2D eigenvalue weighted by atomic mass is 15.1. The molecule has 94 valence electrons. The van der Waals surface area contributed by atoms with Crippen molar-refractivity contribution in [3.05, 3.63) is 23.5 Å². The van der Waals surface area contributed by atoms with Crippen molar-refractivity contribution in [2.75, 3.05) is 7.05 Å². The highest BCUT2D eigenvalue weighted by Crippen LogP contribution is 2.22. The van der Waals surface area contributed by atoms with Gasteiger partial charge < -0.3 is 4.90 Å². The van der Waals surface area contributed by atoms with E-state index in [9.17, 15) is 0 Å². The smallest absolute Gasteiger partial charge is 0.0109 e. The Morgan fingerprint density at radius 1 is 1.12 bits per heavy atom. The standard InChI is InChI=1S/C15H29N/c1-8-15(9-2)13(5)10-14(6)16(7)11-12(3)4/h10-11,13,15H,8-9H2,1-7H3/b14-10-/t13-/m1/s1. The summed E-state index contributed by atoms with van der Waals surface area (Å²) < 4.78 is 0.